The third kappa shape index (κ3) is 3.29. The van der Waals surface area contributed by atoms with Crippen molar-refractivity contribution in [2.75, 3.05) is 0 Å². The first-order valence-electron chi connectivity index (χ1n) is 6.14. The lowest BCUT2D eigenvalue weighted by atomic mass is 10.1. The topological polar surface area (TPSA) is 72.9 Å². The molecule has 5 nitrogen and oxygen atoms in total. The van der Waals surface area contributed by atoms with Crippen molar-refractivity contribution in [2.24, 2.45) is 5.73 Å². The van der Waals surface area contributed by atoms with E-state index in [0.717, 1.165) is 12.8 Å². The molecule has 0 saturated heterocycles. The van der Waals surface area contributed by atoms with Gasteiger partial charge in [-0.05, 0) is 19.8 Å². The Morgan fingerprint density at radius 1 is 1.56 bits per heavy atom. The minimum Gasteiger partial charge on any atom is -0.387 e. The van der Waals surface area contributed by atoms with Gasteiger partial charge in [0.05, 0.1) is 0 Å². The number of rotatable bonds is 6. The number of amides is 1. The largest absolute Gasteiger partial charge is 0.387 e. The summed E-state index contributed by atoms with van der Waals surface area (Å²) < 4.78 is 1.69. The summed E-state index contributed by atoms with van der Waals surface area (Å²) in [5, 5.41) is 3.00. The number of hydrogen-bond donors (Lipinski definition) is 2. The first kappa shape index (κ1) is 14.6. The minimum absolute atomic E-state index is 0.0424. The molecule has 0 radical (unpaired) electrons. The molecule has 0 aliphatic carbocycles. The third-order valence-corrected chi connectivity index (χ3v) is 3.20. The van der Waals surface area contributed by atoms with Gasteiger partial charge >= 0.3 is 0 Å². The predicted octanol–water partition coefficient (Wildman–Crippen LogP) is 1.38. The van der Waals surface area contributed by atoms with Crippen molar-refractivity contribution in [3.63, 3.8) is 0 Å². The van der Waals surface area contributed by atoms with Gasteiger partial charge in [0.2, 0.25) is 5.91 Å². The van der Waals surface area contributed by atoms with Gasteiger partial charge in [-0.1, -0.05) is 26.1 Å². The maximum absolute atomic E-state index is 12.1. The fourth-order valence-corrected chi connectivity index (χ4v) is 1.92. The molecule has 1 unspecified atom stereocenters. The predicted molar refractivity (Wildman–Crippen MR) is 75.3 cm³/mol. The number of nitrogens with zero attached hydrogens (tertiary/aromatic N) is 2. The second kappa shape index (κ2) is 6.49. The van der Waals surface area contributed by atoms with Crippen LogP contribution < -0.4 is 11.1 Å². The van der Waals surface area contributed by atoms with E-state index in [1.165, 1.54) is 0 Å². The molecule has 0 spiro atoms. The van der Waals surface area contributed by atoms with Crippen LogP contribution in [0.1, 0.15) is 45.5 Å². The number of imidazole rings is 1. The number of carbonyl (C=O) groups is 1. The Labute approximate surface area is 113 Å². The smallest absolute Gasteiger partial charge is 0.243 e. The highest BCUT2D eigenvalue weighted by Crippen LogP contribution is 2.10. The van der Waals surface area contributed by atoms with Crippen LogP contribution in [-0.4, -0.2) is 26.5 Å². The average Bonchev–Trinajstić information content (AvgIpc) is 2.83. The van der Waals surface area contributed by atoms with E-state index in [1.54, 1.807) is 23.9 Å². The summed E-state index contributed by atoms with van der Waals surface area (Å²) in [5.74, 6) is 0.427. The summed E-state index contributed by atoms with van der Waals surface area (Å²) in [6.45, 7) is 5.91. The Morgan fingerprint density at radius 2 is 2.17 bits per heavy atom. The van der Waals surface area contributed by atoms with Crippen LogP contribution in [0.4, 0.5) is 0 Å². The Morgan fingerprint density at radius 3 is 2.67 bits per heavy atom. The van der Waals surface area contributed by atoms with Crippen LogP contribution in [0.25, 0.3) is 0 Å². The molecule has 1 rings (SSSR count). The lowest BCUT2D eigenvalue weighted by molar-refractivity contribution is -0.124. The Balaban J connectivity index is 2.80. The van der Waals surface area contributed by atoms with Gasteiger partial charge in [0, 0.05) is 18.4 Å². The second-order valence-electron chi connectivity index (χ2n) is 4.22. The van der Waals surface area contributed by atoms with Gasteiger partial charge in [0.15, 0.2) is 5.82 Å². The maximum atomic E-state index is 12.1. The van der Waals surface area contributed by atoms with Crippen LogP contribution in [-0.2, 0) is 4.79 Å². The minimum atomic E-state index is -0.371. The maximum Gasteiger partial charge on any atom is 0.243 e. The Bertz CT molecular complexity index is 425. The summed E-state index contributed by atoms with van der Waals surface area (Å²) in [7, 11) is 0. The molecule has 0 saturated carbocycles. The van der Waals surface area contributed by atoms with Crippen molar-refractivity contribution < 1.29 is 4.79 Å². The Kier molecular flexibility index (Phi) is 5.27. The fourth-order valence-electron chi connectivity index (χ4n) is 1.76. The monoisotopic (exact) mass is 268 g/mol. The van der Waals surface area contributed by atoms with E-state index in [1.807, 2.05) is 0 Å². The van der Waals surface area contributed by atoms with Gasteiger partial charge < -0.3 is 15.6 Å². The molecule has 1 amide bonds. The van der Waals surface area contributed by atoms with Gasteiger partial charge in [0.25, 0.3) is 0 Å². The highest BCUT2D eigenvalue weighted by atomic mass is 32.1. The number of thiocarbonyl (C=S) groups is 1. The molecule has 1 aromatic heterocycles. The van der Waals surface area contributed by atoms with E-state index >= 15 is 0 Å². The fraction of sp³-hybridized carbons (Fsp3) is 0.583. The van der Waals surface area contributed by atoms with Crippen molar-refractivity contribution in [3.05, 3.63) is 18.2 Å². The lowest BCUT2D eigenvalue weighted by Crippen LogP contribution is -2.39. The van der Waals surface area contributed by atoms with E-state index in [0.29, 0.717) is 5.82 Å². The summed E-state index contributed by atoms with van der Waals surface area (Å²) >= 11 is 4.91. The first-order valence-corrected chi connectivity index (χ1v) is 6.55. The molecule has 1 heterocycles. The molecule has 0 aromatic carbocycles. The van der Waals surface area contributed by atoms with Crippen LogP contribution in [0, 0.1) is 0 Å². The molecule has 0 fully saturated rings. The molecule has 18 heavy (non-hydrogen) atoms. The summed E-state index contributed by atoms with van der Waals surface area (Å²) in [4.78, 5) is 16.4. The molecule has 0 aliphatic heterocycles. The van der Waals surface area contributed by atoms with Gasteiger partial charge in [-0.3, -0.25) is 4.79 Å². The molecule has 1 atom stereocenters. The normalized spacial score (nSPS) is 12.4. The van der Waals surface area contributed by atoms with E-state index < -0.39 is 0 Å². The average molecular weight is 268 g/mol. The van der Waals surface area contributed by atoms with Gasteiger partial charge in [-0.2, -0.15) is 0 Å². The van der Waals surface area contributed by atoms with Crippen LogP contribution in [0.3, 0.4) is 0 Å². The quantitative estimate of drug-likeness (QED) is 0.765. The molecule has 6 heteroatoms. The van der Waals surface area contributed by atoms with Crippen molar-refractivity contribution in [2.45, 2.75) is 45.7 Å². The summed E-state index contributed by atoms with van der Waals surface area (Å²) in [5.41, 5.74) is 5.57. The zero-order valence-electron chi connectivity index (χ0n) is 11.0. The van der Waals surface area contributed by atoms with Gasteiger partial charge in [0.1, 0.15) is 11.0 Å². The molecular weight excluding hydrogens is 248 g/mol. The Hall–Kier alpha value is -1.43. The van der Waals surface area contributed by atoms with Crippen molar-refractivity contribution in [1.82, 2.24) is 14.9 Å². The zero-order chi connectivity index (χ0) is 13.7. The summed E-state index contributed by atoms with van der Waals surface area (Å²) in [6, 6.07) is -0.165. The molecule has 0 aliphatic rings. The molecule has 0 bridgehead atoms. The molecule has 100 valence electrons. The van der Waals surface area contributed by atoms with Crippen molar-refractivity contribution in [1.29, 1.82) is 0 Å². The van der Waals surface area contributed by atoms with Crippen molar-refractivity contribution >= 4 is 23.1 Å². The molecule has 1 aromatic rings. The number of nitrogens with two attached hydrogens (primary N) is 1. The van der Waals surface area contributed by atoms with E-state index in [4.69, 9.17) is 18.0 Å². The van der Waals surface area contributed by atoms with E-state index in [-0.39, 0.29) is 23.0 Å². The highest BCUT2D eigenvalue weighted by Gasteiger charge is 2.20. The van der Waals surface area contributed by atoms with E-state index in [9.17, 15) is 4.79 Å². The van der Waals surface area contributed by atoms with Crippen molar-refractivity contribution in [3.8, 4) is 0 Å². The zero-order valence-corrected chi connectivity index (χ0v) is 11.8. The first-order chi connectivity index (χ1) is 8.51. The number of carbonyl (C=O) groups excluding carboxylic acids is 1. The highest BCUT2D eigenvalue weighted by molar-refractivity contribution is 7.80. The number of nitrogens with one attached hydrogen (secondary N) is 1. The van der Waals surface area contributed by atoms with Crippen LogP contribution in [0.2, 0.25) is 0 Å². The van der Waals surface area contributed by atoms with Crippen LogP contribution >= 0.6 is 12.2 Å². The lowest BCUT2D eigenvalue weighted by Gasteiger charge is -2.20. The second-order valence-corrected chi connectivity index (χ2v) is 4.66. The molecule has 3 N–H and O–H groups in total. The standard InChI is InChI=1S/C12H20N4OS/c1-4-9(5-2)15-12(17)8(3)16-7-6-14-11(16)10(13)18/h6-9H,4-5H2,1-3H3,(H2,13,18)(H,15,17). The van der Waals surface area contributed by atoms with Gasteiger partial charge in [-0.25, -0.2) is 4.98 Å². The van der Waals surface area contributed by atoms with Crippen LogP contribution in [0.15, 0.2) is 12.4 Å². The van der Waals surface area contributed by atoms with E-state index in [2.05, 4.69) is 24.1 Å². The number of aromatic nitrogens is 2. The third-order valence-electron chi connectivity index (χ3n) is 3.02. The van der Waals surface area contributed by atoms with Gasteiger partial charge in [-0.15, -0.1) is 0 Å². The molecular formula is C12H20N4OS. The van der Waals surface area contributed by atoms with Crippen LogP contribution in [0.5, 0.6) is 0 Å². The number of hydrogen-bond acceptors (Lipinski definition) is 3. The SMILES string of the molecule is CCC(CC)NC(=O)C(C)n1ccnc1C(N)=S. The summed E-state index contributed by atoms with van der Waals surface area (Å²) in [6.07, 6.45) is 5.14.